The molecule has 0 aliphatic carbocycles. The Bertz CT molecular complexity index is 3120. The van der Waals surface area contributed by atoms with E-state index in [1.54, 1.807) is 0 Å². The van der Waals surface area contributed by atoms with Crippen molar-refractivity contribution in [2.75, 3.05) is 0 Å². The Morgan fingerprint density at radius 2 is 0.745 bits per heavy atom. The van der Waals surface area contributed by atoms with E-state index in [4.69, 9.17) is 4.42 Å². The summed E-state index contributed by atoms with van der Waals surface area (Å²) in [6, 6.07) is 65.6. The lowest BCUT2D eigenvalue weighted by Crippen LogP contribution is -1.94. The van der Waals surface area contributed by atoms with Crippen molar-refractivity contribution in [3.63, 3.8) is 0 Å². The molecule has 0 unspecified atom stereocenters. The van der Waals surface area contributed by atoms with Crippen LogP contribution in [0, 0.1) is 0 Å². The molecule has 3 heterocycles. The highest BCUT2D eigenvalue weighted by Gasteiger charge is 2.17. The van der Waals surface area contributed by atoms with E-state index in [0.717, 1.165) is 33.3 Å². The maximum atomic E-state index is 6.30. The lowest BCUT2D eigenvalue weighted by atomic mass is 10.0. The molecule has 0 saturated heterocycles. The van der Waals surface area contributed by atoms with E-state index >= 15 is 0 Å². The maximum Gasteiger partial charge on any atom is 0.137 e. The third-order valence-corrected chi connectivity index (χ3v) is 10.5. The van der Waals surface area contributed by atoms with Crippen LogP contribution in [0.5, 0.6) is 0 Å². The Balaban J connectivity index is 1.05. The normalized spacial score (nSPS) is 11.9. The summed E-state index contributed by atoms with van der Waals surface area (Å²) in [6.07, 6.45) is 0. The number of furan rings is 1. The number of rotatable bonds is 4. The molecule has 0 amide bonds. The van der Waals surface area contributed by atoms with Crippen molar-refractivity contribution in [1.29, 1.82) is 0 Å². The number of nitrogens with zero attached hydrogens (tertiary/aromatic N) is 2. The Labute approximate surface area is 293 Å². The maximum absolute atomic E-state index is 6.30. The molecule has 3 aromatic heterocycles. The average molecular weight is 651 g/mol. The summed E-state index contributed by atoms with van der Waals surface area (Å²) >= 11 is 0. The molecular weight excluding hydrogens is 621 g/mol. The molecule has 0 atom stereocenters. The Hall–Kier alpha value is -6.84. The fraction of sp³-hybridized carbons (Fsp3) is 0. The summed E-state index contributed by atoms with van der Waals surface area (Å²) in [5, 5.41) is 7.24. The van der Waals surface area contributed by atoms with Gasteiger partial charge in [0.15, 0.2) is 0 Å². The van der Waals surface area contributed by atoms with Crippen LogP contribution < -0.4 is 0 Å². The van der Waals surface area contributed by atoms with Gasteiger partial charge in [-0.05, 0) is 89.0 Å². The molecule has 0 aliphatic rings. The van der Waals surface area contributed by atoms with Gasteiger partial charge in [-0.3, -0.25) is 0 Å². The van der Waals surface area contributed by atoms with E-state index in [1.165, 1.54) is 65.9 Å². The molecule has 0 radical (unpaired) electrons. The van der Waals surface area contributed by atoms with Crippen LogP contribution in [0.15, 0.2) is 186 Å². The minimum Gasteiger partial charge on any atom is -0.456 e. The third kappa shape index (κ3) is 4.25. The number of benzene rings is 8. The van der Waals surface area contributed by atoms with Crippen LogP contribution in [0.25, 0.3) is 99.2 Å². The quantitative estimate of drug-likeness (QED) is 0.186. The van der Waals surface area contributed by atoms with Crippen LogP contribution in [0.1, 0.15) is 0 Å². The van der Waals surface area contributed by atoms with E-state index in [-0.39, 0.29) is 0 Å². The second kappa shape index (κ2) is 10.8. The van der Waals surface area contributed by atoms with Crippen molar-refractivity contribution in [3.8, 4) is 33.6 Å². The van der Waals surface area contributed by atoms with Gasteiger partial charge in [0.05, 0.1) is 22.1 Å². The van der Waals surface area contributed by atoms with Gasteiger partial charge in [0, 0.05) is 49.8 Å². The number of para-hydroxylation sites is 3. The smallest absolute Gasteiger partial charge is 0.137 e. The highest BCUT2D eigenvalue weighted by Crippen LogP contribution is 2.39. The molecule has 0 spiro atoms. The second-order valence-corrected chi connectivity index (χ2v) is 13.4. The zero-order valence-electron chi connectivity index (χ0n) is 27.6. The first-order valence-electron chi connectivity index (χ1n) is 17.4. The van der Waals surface area contributed by atoms with E-state index in [0.29, 0.717) is 0 Å². The molecule has 238 valence electrons. The summed E-state index contributed by atoms with van der Waals surface area (Å²) in [6.45, 7) is 0. The minimum absolute atomic E-state index is 0.899. The van der Waals surface area contributed by atoms with E-state index in [1.807, 2.05) is 12.1 Å². The standard InChI is InChI=1S/C48H30N2O/c1-2-10-31(11-3-1)32-18-22-35(23-19-32)49-43-15-7-4-12-37(43)41-28-33(20-26-45(41)49)34-21-27-46-42(29-34)38-13-5-8-16-44(38)50(46)36-24-25-40-39-14-6-9-17-47(39)51-48(40)30-36/h1-30H. The largest absolute Gasteiger partial charge is 0.456 e. The zero-order valence-corrected chi connectivity index (χ0v) is 27.6. The van der Waals surface area contributed by atoms with Gasteiger partial charge in [0.25, 0.3) is 0 Å². The van der Waals surface area contributed by atoms with Crippen molar-refractivity contribution < 1.29 is 4.42 Å². The van der Waals surface area contributed by atoms with Gasteiger partial charge in [-0.2, -0.15) is 0 Å². The van der Waals surface area contributed by atoms with Crippen LogP contribution in [-0.2, 0) is 0 Å². The first-order valence-corrected chi connectivity index (χ1v) is 17.4. The summed E-state index contributed by atoms with van der Waals surface area (Å²) < 4.78 is 11.0. The van der Waals surface area contributed by atoms with Gasteiger partial charge in [-0.25, -0.2) is 0 Å². The predicted molar refractivity (Wildman–Crippen MR) is 213 cm³/mol. The first kappa shape index (κ1) is 28.0. The monoisotopic (exact) mass is 650 g/mol. The van der Waals surface area contributed by atoms with Crippen LogP contribution >= 0.6 is 0 Å². The molecule has 0 N–H and O–H groups in total. The average Bonchev–Trinajstić information content (AvgIpc) is 3.85. The van der Waals surface area contributed by atoms with Crippen molar-refractivity contribution in [1.82, 2.24) is 9.13 Å². The molecule has 11 aromatic rings. The zero-order chi connectivity index (χ0) is 33.5. The van der Waals surface area contributed by atoms with E-state index in [2.05, 4.69) is 179 Å². The molecule has 0 bridgehead atoms. The molecule has 3 heteroatoms. The van der Waals surface area contributed by atoms with Crippen LogP contribution in [-0.4, -0.2) is 9.13 Å². The molecule has 51 heavy (non-hydrogen) atoms. The number of hydrogen-bond acceptors (Lipinski definition) is 1. The van der Waals surface area contributed by atoms with Gasteiger partial charge in [-0.15, -0.1) is 0 Å². The van der Waals surface area contributed by atoms with Gasteiger partial charge in [0.1, 0.15) is 11.2 Å². The lowest BCUT2D eigenvalue weighted by Gasteiger charge is -2.10. The topological polar surface area (TPSA) is 23.0 Å². The number of aromatic nitrogens is 2. The molecule has 0 aliphatic heterocycles. The molecular formula is C48H30N2O. The Morgan fingerprint density at radius 3 is 1.41 bits per heavy atom. The van der Waals surface area contributed by atoms with Crippen molar-refractivity contribution in [2.24, 2.45) is 0 Å². The van der Waals surface area contributed by atoms with Crippen LogP contribution in [0.2, 0.25) is 0 Å². The second-order valence-electron chi connectivity index (χ2n) is 13.4. The highest BCUT2D eigenvalue weighted by atomic mass is 16.3. The van der Waals surface area contributed by atoms with Gasteiger partial charge in [0.2, 0.25) is 0 Å². The molecule has 3 nitrogen and oxygen atoms in total. The van der Waals surface area contributed by atoms with Crippen molar-refractivity contribution in [3.05, 3.63) is 182 Å². The number of fused-ring (bicyclic) bond motifs is 9. The fourth-order valence-corrected chi connectivity index (χ4v) is 8.15. The van der Waals surface area contributed by atoms with Crippen molar-refractivity contribution in [2.45, 2.75) is 0 Å². The lowest BCUT2D eigenvalue weighted by molar-refractivity contribution is 0.668. The minimum atomic E-state index is 0.899. The SMILES string of the molecule is c1ccc(-c2ccc(-n3c4ccccc4c4cc(-c5ccc6c(c5)c5ccccc5n6-c5ccc6c(c5)oc5ccccc56)ccc43)cc2)cc1. The highest BCUT2D eigenvalue weighted by molar-refractivity contribution is 6.13. The predicted octanol–water partition coefficient (Wildman–Crippen LogP) is 13.1. The first-order chi connectivity index (χ1) is 25.3. The Morgan fingerprint density at radius 1 is 0.275 bits per heavy atom. The summed E-state index contributed by atoms with van der Waals surface area (Å²) in [7, 11) is 0. The molecule has 0 saturated carbocycles. The van der Waals surface area contributed by atoms with E-state index in [9.17, 15) is 0 Å². The summed E-state index contributed by atoms with van der Waals surface area (Å²) in [4.78, 5) is 0. The van der Waals surface area contributed by atoms with Crippen LogP contribution in [0.3, 0.4) is 0 Å². The summed E-state index contributed by atoms with van der Waals surface area (Å²) in [5.41, 5.74) is 13.7. The van der Waals surface area contributed by atoms with Crippen molar-refractivity contribution >= 4 is 65.6 Å². The van der Waals surface area contributed by atoms with Gasteiger partial charge >= 0.3 is 0 Å². The molecule has 0 fully saturated rings. The van der Waals surface area contributed by atoms with E-state index < -0.39 is 0 Å². The third-order valence-electron chi connectivity index (χ3n) is 10.5. The van der Waals surface area contributed by atoms with Gasteiger partial charge in [-0.1, -0.05) is 109 Å². The fourth-order valence-electron chi connectivity index (χ4n) is 8.15. The van der Waals surface area contributed by atoms with Crippen LogP contribution in [0.4, 0.5) is 0 Å². The number of hydrogen-bond donors (Lipinski definition) is 0. The molecule has 11 rings (SSSR count). The summed E-state index contributed by atoms with van der Waals surface area (Å²) in [5.74, 6) is 0. The molecule has 8 aromatic carbocycles. The Kier molecular flexibility index (Phi) is 5.96. The van der Waals surface area contributed by atoms with Gasteiger partial charge < -0.3 is 13.6 Å².